The van der Waals surface area contributed by atoms with E-state index in [1.807, 2.05) is 36.4 Å². The Bertz CT molecular complexity index is 840. The predicted molar refractivity (Wildman–Crippen MR) is 127 cm³/mol. The molecule has 0 aliphatic rings. The van der Waals surface area contributed by atoms with Crippen molar-refractivity contribution in [2.75, 3.05) is 20.3 Å². The van der Waals surface area contributed by atoms with Crippen LogP contribution in [-0.2, 0) is 16.1 Å². The van der Waals surface area contributed by atoms with E-state index in [1.165, 1.54) is 0 Å². The summed E-state index contributed by atoms with van der Waals surface area (Å²) < 4.78 is 10.9. The second-order valence-corrected chi connectivity index (χ2v) is 8.03. The van der Waals surface area contributed by atoms with Gasteiger partial charge in [-0.15, -0.1) is 0 Å². The molecule has 0 spiro atoms. The number of unbranched alkanes of at least 4 members (excludes halogenated alkanes) is 1. The number of hydrogen-bond acceptors (Lipinski definition) is 4. The molecule has 0 fully saturated rings. The molecule has 1 atom stereocenters. The Kier molecular flexibility index (Phi) is 10.9. The van der Waals surface area contributed by atoms with E-state index in [1.54, 1.807) is 31.1 Å². The third-order valence-corrected chi connectivity index (χ3v) is 5.38. The minimum atomic E-state index is -0.572. The van der Waals surface area contributed by atoms with Crippen LogP contribution in [0.1, 0.15) is 45.1 Å². The maximum atomic E-state index is 13.0. The van der Waals surface area contributed by atoms with Gasteiger partial charge in [0.25, 0.3) is 0 Å². The molecule has 174 valence electrons. The minimum Gasteiger partial charge on any atom is -0.497 e. The molecule has 0 saturated carbocycles. The number of nitrogens with zero attached hydrogens (tertiary/aromatic N) is 1. The Morgan fingerprint density at radius 2 is 1.69 bits per heavy atom. The van der Waals surface area contributed by atoms with Gasteiger partial charge in [-0.25, -0.2) is 0 Å². The molecule has 1 N–H and O–H groups in total. The first-order valence-corrected chi connectivity index (χ1v) is 11.4. The summed E-state index contributed by atoms with van der Waals surface area (Å²) in [6, 6.07) is 14.1. The van der Waals surface area contributed by atoms with E-state index in [0.717, 1.165) is 29.9 Å². The SMILES string of the molecule is CCCCNC(=O)[C@H](C)N(Cc1ccc(Cl)cc1)C(=O)CCCOc1ccc(OC)cc1. The zero-order valence-electron chi connectivity index (χ0n) is 19.1. The maximum Gasteiger partial charge on any atom is 0.242 e. The van der Waals surface area contributed by atoms with Crippen molar-refractivity contribution in [2.24, 2.45) is 0 Å². The highest BCUT2D eigenvalue weighted by atomic mass is 35.5. The van der Waals surface area contributed by atoms with Crippen molar-refractivity contribution in [3.63, 3.8) is 0 Å². The number of rotatable bonds is 13. The third kappa shape index (κ3) is 8.42. The van der Waals surface area contributed by atoms with Crippen molar-refractivity contribution in [2.45, 2.75) is 52.1 Å². The quantitative estimate of drug-likeness (QED) is 0.434. The molecular weight excluding hydrogens is 428 g/mol. The highest BCUT2D eigenvalue weighted by Gasteiger charge is 2.25. The number of hydrogen-bond donors (Lipinski definition) is 1. The topological polar surface area (TPSA) is 67.9 Å². The molecule has 0 unspecified atom stereocenters. The summed E-state index contributed by atoms with van der Waals surface area (Å²) >= 11 is 5.98. The average molecular weight is 461 g/mol. The number of carbonyl (C=O) groups excluding carboxylic acids is 2. The van der Waals surface area contributed by atoms with Crippen molar-refractivity contribution >= 4 is 23.4 Å². The van der Waals surface area contributed by atoms with Gasteiger partial charge in [-0.3, -0.25) is 9.59 Å². The van der Waals surface area contributed by atoms with E-state index in [2.05, 4.69) is 12.2 Å². The van der Waals surface area contributed by atoms with Crippen molar-refractivity contribution in [1.29, 1.82) is 0 Å². The highest BCUT2D eigenvalue weighted by Crippen LogP contribution is 2.18. The molecule has 0 aromatic heterocycles. The first-order valence-electron chi connectivity index (χ1n) is 11.0. The summed E-state index contributed by atoms with van der Waals surface area (Å²) in [7, 11) is 1.61. The molecule has 2 rings (SSSR count). The van der Waals surface area contributed by atoms with Crippen molar-refractivity contribution in [3.8, 4) is 11.5 Å². The summed E-state index contributed by atoms with van der Waals surface area (Å²) in [5, 5.41) is 3.55. The number of carbonyl (C=O) groups is 2. The molecule has 6 nitrogen and oxygen atoms in total. The zero-order chi connectivity index (χ0) is 23.3. The minimum absolute atomic E-state index is 0.0866. The van der Waals surface area contributed by atoms with Gasteiger partial charge in [-0.1, -0.05) is 37.1 Å². The number of nitrogens with one attached hydrogen (secondary N) is 1. The molecule has 7 heteroatoms. The number of ether oxygens (including phenoxy) is 2. The molecule has 2 amide bonds. The van der Waals surface area contributed by atoms with E-state index >= 15 is 0 Å². The van der Waals surface area contributed by atoms with Crippen LogP contribution in [0.25, 0.3) is 0 Å². The molecule has 0 aliphatic heterocycles. The first-order chi connectivity index (χ1) is 15.4. The number of halogens is 1. The normalized spacial score (nSPS) is 11.5. The molecule has 0 radical (unpaired) electrons. The Labute approximate surface area is 195 Å². The van der Waals surface area contributed by atoms with Gasteiger partial charge in [0, 0.05) is 24.5 Å². The number of benzene rings is 2. The fourth-order valence-corrected chi connectivity index (χ4v) is 3.26. The standard InChI is InChI=1S/C25H33ClN2O4/c1-4-5-16-27-25(30)19(2)28(18-20-8-10-21(26)11-9-20)24(29)7-6-17-32-23-14-12-22(31-3)13-15-23/h8-15,19H,4-7,16-18H2,1-3H3,(H,27,30)/t19-/m0/s1. The van der Waals surface area contributed by atoms with E-state index in [0.29, 0.717) is 31.1 Å². The van der Waals surface area contributed by atoms with Gasteiger partial charge in [0.05, 0.1) is 13.7 Å². The zero-order valence-corrected chi connectivity index (χ0v) is 19.9. The summed E-state index contributed by atoms with van der Waals surface area (Å²) in [6.07, 6.45) is 2.74. The lowest BCUT2D eigenvalue weighted by molar-refractivity contribution is -0.140. The number of amides is 2. The van der Waals surface area contributed by atoms with Crippen LogP contribution in [-0.4, -0.2) is 43.0 Å². The summed E-state index contributed by atoms with van der Waals surface area (Å²) in [6.45, 7) is 5.20. The molecule has 2 aromatic rings. The second kappa shape index (κ2) is 13.6. The maximum absolute atomic E-state index is 13.0. The lowest BCUT2D eigenvalue weighted by Crippen LogP contribution is -2.47. The van der Waals surface area contributed by atoms with E-state index in [9.17, 15) is 9.59 Å². The molecule has 0 bridgehead atoms. The fourth-order valence-electron chi connectivity index (χ4n) is 3.13. The van der Waals surface area contributed by atoms with Gasteiger partial charge in [0.1, 0.15) is 17.5 Å². The van der Waals surface area contributed by atoms with Crippen LogP contribution in [0.15, 0.2) is 48.5 Å². The first kappa shape index (κ1) is 25.5. The van der Waals surface area contributed by atoms with Crippen LogP contribution in [0.5, 0.6) is 11.5 Å². The summed E-state index contributed by atoms with van der Waals surface area (Å²) in [5.74, 6) is 1.25. The molecule has 2 aromatic carbocycles. The van der Waals surface area contributed by atoms with Crippen molar-refractivity contribution in [3.05, 3.63) is 59.1 Å². The Morgan fingerprint density at radius 3 is 2.31 bits per heavy atom. The molecule has 0 aliphatic carbocycles. The van der Waals surface area contributed by atoms with Gasteiger partial charge >= 0.3 is 0 Å². The molecule has 0 heterocycles. The molecule has 32 heavy (non-hydrogen) atoms. The van der Waals surface area contributed by atoms with Crippen LogP contribution < -0.4 is 14.8 Å². The second-order valence-electron chi connectivity index (χ2n) is 7.60. The Morgan fingerprint density at radius 1 is 1.03 bits per heavy atom. The Balaban J connectivity index is 1.95. The van der Waals surface area contributed by atoms with Crippen LogP contribution >= 0.6 is 11.6 Å². The number of methoxy groups -OCH3 is 1. The van der Waals surface area contributed by atoms with Gasteiger partial charge in [-0.05, 0) is 61.7 Å². The van der Waals surface area contributed by atoms with Crippen LogP contribution in [0, 0.1) is 0 Å². The monoisotopic (exact) mass is 460 g/mol. The Hall–Kier alpha value is -2.73. The molecular formula is C25H33ClN2O4. The van der Waals surface area contributed by atoms with Crippen LogP contribution in [0.4, 0.5) is 0 Å². The van der Waals surface area contributed by atoms with E-state index in [-0.39, 0.29) is 18.2 Å². The van der Waals surface area contributed by atoms with Gasteiger partial charge in [0.2, 0.25) is 11.8 Å². The van der Waals surface area contributed by atoms with Gasteiger partial charge in [0.15, 0.2) is 0 Å². The fraction of sp³-hybridized carbons (Fsp3) is 0.440. The van der Waals surface area contributed by atoms with Crippen LogP contribution in [0.3, 0.4) is 0 Å². The van der Waals surface area contributed by atoms with E-state index < -0.39 is 6.04 Å². The summed E-state index contributed by atoms with van der Waals surface area (Å²) in [4.78, 5) is 27.3. The summed E-state index contributed by atoms with van der Waals surface area (Å²) in [5.41, 5.74) is 0.922. The van der Waals surface area contributed by atoms with Crippen LogP contribution in [0.2, 0.25) is 5.02 Å². The van der Waals surface area contributed by atoms with Crippen molar-refractivity contribution < 1.29 is 19.1 Å². The lowest BCUT2D eigenvalue weighted by atomic mass is 10.1. The predicted octanol–water partition coefficient (Wildman–Crippen LogP) is 4.84. The van der Waals surface area contributed by atoms with Gasteiger partial charge < -0.3 is 19.7 Å². The lowest BCUT2D eigenvalue weighted by Gasteiger charge is -2.29. The smallest absolute Gasteiger partial charge is 0.242 e. The van der Waals surface area contributed by atoms with E-state index in [4.69, 9.17) is 21.1 Å². The highest BCUT2D eigenvalue weighted by molar-refractivity contribution is 6.30. The largest absolute Gasteiger partial charge is 0.497 e. The average Bonchev–Trinajstić information content (AvgIpc) is 2.81. The van der Waals surface area contributed by atoms with Gasteiger partial charge in [-0.2, -0.15) is 0 Å². The van der Waals surface area contributed by atoms with Crippen molar-refractivity contribution in [1.82, 2.24) is 10.2 Å². The molecule has 0 saturated heterocycles. The third-order valence-electron chi connectivity index (χ3n) is 5.13.